The third-order valence-corrected chi connectivity index (χ3v) is 3.74. The van der Waals surface area contributed by atoms with Gasteiger partial charge in [-0.1, -0.05) is 11.6 Å². The zero-order valence-corrected chi connectivity index (χ0v) is 13.5. The monoisotopic (exact) mass is 311 g/mol. The first-order valence-electron chi connectivity index (χ1n) is 7.15. The lowest BCUT2D eigenvalue weighted by Crippen LogP contribution is -2.32. The van der Waals surface area contributed by atoms with Crippen LogP contribution in [0.15, 0.2) is 18.2 Å². The summed E-state index contributed by atoms with van der Waals surface area (Å²) in [6, 6.07) is 6.16. The molecule has 1 aliphatic rings. The van der Waals surface area contributed by atoms with E-state index in [1.54, 1.807) is 19.9 Å². The number of hydrogen-bond donors (Lipinski definition) is 1. The minimum Gasteiger partial charge on any atom is -0.492 e. The Balaban J connectivity index is 2.02. The van der Waals surface area contributed by atoms with Crippen molar-refractivity contribution in [2.75, 3.05) is 13.7 Å². The number of benzene rings is 1. The van der Waals surface area contributed by atoms with Crippen LogP contribution in [0.4, 0.5) is 0 Å². The summed E-state index contributed by atoms with van der Waals surface area (Å²) in [7, 11) is 1.39. The van der Waals surface area contributed by atoms with E-state index in [0.29, 0.717) is 11.1 Å². The second-order valence-electron chi connectivity index (χ2n) is 6.07. The topological polar surface area (TPSA) is 47.6 Å². The number of esters is 1. The number of nitrogens with one attached hydrogen (secondary N) is 1. The highest BCUT2D eigenvalue weighted by atomic mass is 35.5. The predicted octanol–water partition coefficient (Wildman–Crippen LogP) is 3.17. The smallest absolute Gasteiger partial charge is 0.314 e. The van der Waals surface area contributed by atoms with E-state index >= 15 is 0 Å². The Bertz CT molecular complexity index is 512. The van der Waals surface area contributed by atoms with Crippen LogP contribution in [0.5, 0.6) is 5.75 Å². The Morgan fingerprint density at radius 2 is 2.14 bits per heavy atom. The van der Waals surface area contributed by atoms with Gasteiger partial charge >= 0.3 is 5.97 Å². The maximum absolute atomic E-state index is 11.7. The van der Waals surface area contributed by atoms with Crippen LogP contribution in [0.25, 0.3) is 0 Å². The quantitative estimate of drug-likeness (QED) is 0.786. The first kappa shape index (κ1) is 16.1. The highest BCUT2D eigenvalue weighted by molar-refractivity contribution is 6.30. The summed E-state index contributed by atoms with van der Waals surface area (Å²) in [4.78, 5) is 11.7. The molecule has 116 valence electrons. The Kier molecular flexibility index (Phi) is 5.12. The van der Waals surface area contributed by atoms with Gasteiger partial charge in [-0.05, 0) is 44.9 Å². The fourth-order valence-electron chi connectivity index (χ4n) is 1.96. The zero-order valence-electron chi connectivity index (χ0n) is 12.7. The molecule has 0 aromatic heterocycles. The molecule has 2 rings (SSSR count). The highest BCUT2D eigenvalue weighted by Crippen LogP contribution is 2.27. The minimum absolute atomic E-state index is 0.262. The molecule has 0 amide bonds. The van der Waals surface area contributed by atoms with Gasteiger partial charge < -0.3 is 14.8 Å². The second kappa shape index (κ2) is 6.67. The fraction of sp³-hybridized carbons (Fsp3) is 0.562. The Hall–Kier alpha value is -1.26. The SMILES string of the molecule is COC(=O)C(C)(C)COc1ccc(Cl)cc1CNC1CC1. The Labute approximate surface area is 130 Å². The normalized spacial score (nSPS) is 14.9. The number of hydrogen-bond acceptors (Lipinski definition) is 4. The lowest BCUT2D eigenvalue weighted by molar-refractivity contribution is -0.152. The maximum Gasteiger partial charge on any atom is 0.314 e. The largest absolute Gasteiger partial charge is 0.492 e. The summed E-state index contributed by atoms with van der Waals surface area (Å²) >= 11 is 6.05. The van der Waals surface area contributed by atoms with Crippen LogP contribution in [0.2, 0.25) is 5.02 Å². The molecule has 5 heteroatoms. The van der Waals surface area contributed by atoms with Crippen molar-refractivity contribution in [2.45, 2.75) is 39.3 Å². The summed E-state index contributed by atoms with van der Waals surface area (Å²) in [5.74, 6) is 0.471. The summed E-state index contributed by atoms with van der Waals surface area (Å²) in [6.45, 7) is 4.59. The van der Waals surface area contributed by atoms with Gasteiger partial charge in [0.2, 0.25) is 0 Å². The molecular formula is C16H22ClNO3. The van der Waals surface area contributed by atoms with E-state index < -0.39 is 5.41 Å². The van der Waals surface area contributed by atoms with Crippen molar-refractivity contribution < 1.29 is 14.3 Å². The molecule has 4 nitrogen and oxygen atoms in total. The minimum atomic E-state index is -0.685. The van der Waals surface area contributed by atoms with E-state index in [1.165, 1.54) is 20.0 Å². The fourth-order valence-corrected chi connectivity index (χ4v) is 2.16. The molecular weight excluding hydrogens is 290 g/mol. The van der Waals surface area contributed by atoms with Gasteiger partial charge in [0.15, 0.2) is 0 Å². The molecule has 0 heterocycles. The first-order chi connectivity index (χ1) is 9.92. The summed E-state index contributed by atoms with van der Waals surface area (Å²) in [6.07, 6.45) is 2.46. The van der Waals surface area contributed by atoms with Crippen molar-refractivity contribution >= 4 is 17.6 Å². The lowest BCUT2D eigenvalue weighted by atomic mass is 9.95. The number of carbonyl (C=O) groups excluding carboxylic acids is 1. The molecule has 1 aliphatic carbocycles. The first-order valence-corrected chi connectivity index (χ1v) is 7.53. The number of carbonyl (C=O) groups is 1. The summed E-state index contributed by atoms with van der Waals surface area (Å²) < 4.78 is 10.6. The van der Waals surface area contributed by atoms with Crippen LogP contribution in [-0.2, 0) is 16.1 Å². The zero-order chi connectivity index (χ0) is 15.5. The van der Waals surface area contributed by atoms with Gasteiger partial charge in [-0.2, -0.15) is 0 Å². The van der Waals surface area contributed by atoms with Gasteiger partial charge in [-0.15, -0.1) is 0 Å². The van der Waals surface area contributed by atoms with Gasteiger partial charge in [0.1, 0.15) is 12.4 Å². The van der Waals surface area contributed by atoms with E-state index in [9.17, 15) is 4.79 Å². The van der Waals surface area contributed by atoms with E-state index in [-0.39, 0.29) is 12.6 Å². The summed E-state index contributed by atoms with van der Waals surface area (Å²) in [5.41, 5.74) is 0.324. The molecule has 1 saturated carbocycles. The van der Waals surface area contributed by atoms with Gasteiger partial charge in [-0.25, -0.2) is 0 Å². The maximum atomic E-state index is 11.7. The summed E-state index contributed by atoms with van der Waals surface area (Å²) in [5, 5.41) is 4.12. The standard InChI is InChI=1S/C16H22ClNO3/c1-16(2,15(19)20-3)10-21-14-7-4-12(17)8-11(14)9-18-13-5-6-13/h4,7-8,13,18H,5-6,9-10H2,1-3H3. The number of rotatable bonds is 7. The molecule has 1 aromatic carbocycles. The molecule has 1 fully saturated rings. The number of halogens is 1. The molecule has 0 aliphatic heterocycles. The van der Waals surface area contributed by atoms with E-state index in [2.05, 4.69) is 5.32 Å². The second-order valence-corrected chi connectivity index (χ2v) is 6.51. The molecule has 0 radical (unpaired) electrons. The number of methoxy groups -OCH3 is 1. The van der Waals surface area contributed by atoms with Crippen LogP contribution < -0.4 is 10.1 Å². The molecule has 0 saturated heterocycles. The third-order valence-electron chi connectivity index (χ3n) is 3.51. The van der Waals surface area contributed by atoms with Crippen LogP contribution in [0.3, 0.4) is 0 Å². The highest BCUT2D eigenvalue weighted by Gasteiger charge is 2.30. The van der Waals surface area contributed by atoms with Crippen molar-refractivity contribution in [3.8, 4) is 5.75 Å². The van der Waals surface area contributed by atoms with Crippen LogP contribution in [-0.4, -0.2) is 25.7 Å². The Morgan fingerprint density at radius 3 is 2.76 bits per heavy atom. The Morgan fingerprint density at radius 1 is 1.43 bits per heavy atom. The van der Waals surface area contributed by atoms with E-state index in [1.807, 2.05) is 12.1 Å². The van der Waals surface area contributed by atoms with Crippen LogP contribution >= 0.6 is 11.6 Å². The lowest BCUT2D eigenvalue weighted by Gasteiger charge is -2.22. The molecule has 0 bridgehead atoms. The van der Waals surface area contributed by atoms with Crippen LogP contribution in [0, 0.1) is 5.41 Å². The van der Waals surface area contributed by atoms with Gasteiger partial charge in [0, 0.05) is 23.2 Å². The number of ether oxygens (including phenoxy) is 2. The van der Waals surface area contributed by atoms with E-state index in [4.69, 9.17) is 21.1 Å². The average molecular weight is 312 g/mol. The van der Waals surface area contributed by atoms with Crippen molar-refractivity contribution in [3.63, 3.8) is 0 Å². The van der Waals surface area contributed by atoms with Gasteiger partial charge in [-0.3, -0.25) is 4.79 Å². The molecule has 1 aromatic rings. The van der Waals surface area contributed by atoms with Crippen molar-refractivity contribution in [2.24, 2.45) is 5.41 Å². The third kappa shape index (κ3) is 4.61. The van der Waals surface area contributed by atoms with Crippen molar-refractivity contribution in [1.29, 1.82) is 0 Å². The molecule has 21 heavy (non-hydrogen) atoms. The van der Waals surface area contributed by atoms with Gasteiger partial charge in [0.25, 0.3) is 0 Å². The molecule has 0 unspecified atom stereocenters. The van der Waals surface area contributed by atoms with Crippen molar-refractivity contribution in [3.05, 3.63) is 28.8 Å². The molecule has 1 N–H and O–H groups in total. The predicted molar refractivity (Wildman–Crippen MR) is 82.6 cm³/mol. The molecule has 0 spiro atoms. The van der Waals surface area contributed by atoms with E-state index in [0.717, 1.165) is 17.9 Å². The average Bonchev–Trinajstić information content (AvgIpc) is 3.27. The molecule has 0 atom stereocenters. The van der Waals surface area contributed by atoms with Crippen molar-refractivity contribution in [1.82, 2.24) is 5.32 Å². The van der Waals surface area contributed by atoms with Crippen LogP contribution in [0.1, 0.15) is 32.3 Å². The van der Waals surface area contributed by atoms with Gasteiger partial charge in [0.05, 0.1) is 12.5 Å².